The van der Waals surface area contributed by atoms with Crippen molar-refractivity contribution < 1.29 is 9.53 Å². The maximum absolute atomic E-state index is 11.7. The van der Waals surface area contributed by atoms with Gasteiger partial charge in [-0.3, -0.25) is 0 Å². The molecule has 86 valence electrons. The van der Waals surface area contributed by atoms with Crippen molar-refractivity contribution in [3.05, 3.63) is 47.1 Å². The summed E-state index contributed by atoms with van der Waals surface area (Å²) in [5.41, 5.74) is 0.834. The molecule has 0 N–H and O–H groups in total. The van der Waals surface area contributed by atoms with Gasteiger partial charge in [0.05, 0.1) is 0 Å². The molecule has 0 aliphatic carbocycles. The molecule has 0 spiro atoms. The molecule has 0 unspecified atom stereocenters. The molecule has 0 aliphatic heterocycles. The number of rotatable bonds is 2. The van der Waals surface area contributed by atoms with E-state index >= 15 is 0 Å². The van der Waals surface area contributed by atoms with Gasteiger partial charge in [0.2, 0.25) is 11.2 Å². The topological polar surface area (TPSA) is 65.0 Å². The molecule has 2 heterocycles. The van der Waals surface area contributed by atoms with E-state index in [-0.39, 0.29) is 16.9 Å². The zero-order valence-corrected chi connectivity index (χ0v) is 9.68. The SMILES string of the molecule is Cc1cnc(Cl)nc1OC(=O)c1ccccn1. The molecule has 2 aromatic rings. The predicted octanol–water partition coefficient (Wildman–Crippen LogP) is 2.05. The molecule has 0 aromatic carbocycles. The Kier molecular flexibility index (Phi) is 3.30. The minimum Gasteiger partial charge on any atom is -0.402 e. The van der Waals surface area contributed by atoms with Crippen molar-refractivity contribution >= 4 is 17.6 Å². The van der Waals surface area contributed by atoms with Gasteiger partial charge in [-0.05, 0) is 30.7 Å². The summed E-state index contributed by atoms with van der Waals surface area (Å²) >= 11 is 5.62. The van der Waals surface area contributed by atoms with E-state index in [2.05, 4.69) is 15.0 Å². The molecule has 0 aliphatic rings. The first-order valence-electron chi connectivity index (χ1n) is 4.79. The number of hydrogen-bond acceptors (Lipinski definition) is 5. The quantitative estimate of drug-likeness (QED) is 0.602. The fraction of sp³-hybridized carbons (Fsp3) is 0.0909. The van der Waals surface area contributed by atoms with Crippen molar-refractivity contribution in [3.8, 4) is 5.88 Å². The maximum atomic E-state index is 11.7. The number of halogens is 1. The standard InChI is InChI=1S/C11H8ClN3O2/c1-7-6-14-11(12)15-9(7)17-10(16)8-4-2-3-5-13-8/h2-6H,1H3. The molecule has 0 amide bonds. The highest BCUT2D eigenvalue weighted by molar-refractivity contribution is 6.28. The fourth-order valence-electron chi connectivity index (χ4n) is 1.13. The van der Waals surface area contributed by atoms with Gasteiger partial charge in [-0.1, -0.05) is 6.07 Å². The molecule has 5 nitrogen and oxygen atoms in total. The van der Waals surface area contributed by atoms with Crippen LogP contribution in [0.4, 0.5) is 0 Å². The number of pyridine rings is 1. The van der Waals surface area contributed by atoms with Crippen LogP contribution in [-0.4, -0.2) is 20.9 Å². The van der Waals surface area contributed by atoms with E-state index in [1.54, 1.807) is 25.1 Å². The molecular formula is C11H8ClN3O2. The van der Waals surface area contributed by atoms with Gasteiger partial charge in [0.1, 0.15) is 5.69 Å². The molecule has 0 saturated carbocycles. The molecule has 0 radical (unpaired) electrons. The first-order chi connectivity index (χ1) is 8.16. The van der Waals surface area contributed by atoms with Crippen LogP contribution in [0, 0.1) is 6.92 Å². The third kappa shape index (κ3) is 2.76. The molecule has 17 heavy (non-hydrogen) atoms. The Labute approximate surface area is 102 Å². The average Bonchev–Trinajstić information content (AvgIpc) is 2.35. The van der Waals surface area contributed by atoms with Crippen LogP contribution in [0.5, 0.6) is 5.88 Å². The minimum atomic E-state index is -0.580. The number of esters is 1. The van der Waals surface area contributed by atoms with Gasteiger partial charge < -0.3 is 4.74 Å². The predicted molar refractivity (Wildman–Crippen MR) is 61.0 cm³/mol. The maximum Gasteiger partial charge on any atom is 0.363 e. The summed E-state index contributed by atoms with van der Waals surface area (Å²) < 4.78 is 5.08. The van der Waals surface area contributed by atoms with Crippen LogP contribution in [0.15, 0.2) is 30.6 Å². The largest absolute Gasteiger partial charge is 0.402 e. The second-order valence-corrected chi connectivity index (χ2v) is 3.57. The van der Waals surface area contributed by atoms with Gasteiger partial charge in [0.15, 0.2) is 0 Å². The first-order valence-corrected chi connectivity index (χ1v) is 5.17. The van der Waals surface area contributed by atoms with E-state index in [1.165, 1.54) is 12.4 Å². The van der Waals surface area contributed by atoms with Crippen molar-refractivity contribution in [2.45, 2.75) is 6.92 Å². The van der Waals surface area contributed by atoms with Crippen molar-refractivity contribution in [3.63, 3.8) is 0 Å². The summed E-state index contributed by atoms with van der Waals surface area (Å²) in [7, 11) is 0. The van der Waals surface area contributed by atoms with Gasteiger partial charge >= 0.3 is 5.97 Å². The van der Waals surface area contributed by atoms with Crippen molar-refractivity contribution in [2.24, 2.45) is 0 Å². The van der Waals surface area contributed by atoms with Crippen LogP contribution in [0.2, 0.25) is 5.28 Å². The number of carbonyl (C=O) groups excluding carboxylic acids is 1. The van der Waals surface area contributed by atoms with Crippen LogP contribution in [0.3, 0.4) is 0 Å². The van der Waals surface area contributed by atoms with Gasteiger partial charge in [-0.15, -0.1) is 0 Å². The van der Waals surface area contributed by atoms with Gasteiger partial charge in [-0.2, -0.15) is 4.98 Å². The minimum absolute atomic E-state index is 0.0272. The number of hydrogen-bond donors (Lipinski definition) is 0. The molecule has 2 aromatic heterocycles. The third-order valence-corrected chi connectivity index (χ3v) is 2.14. The summed E-state index contributed by atoms with van der Waals surface area (Å²) in [6.07, 6.45) is 2.99. The molecule has 2 rings (SSSR count). The highest BCUT2D eigenvalue weighted by Crippen LogP contribution is 2.16. The molecule has 6 heteroatoms. The molecule has 0 atom stereocenters. The lowest BCUT2D eigenvalue weighted by Crippen LogP contribution is -2.12. The number of aromatic nitrogens is 3. The number of carbonyl (C=O) groups is 1. The van der Waals surface area contributed by atoms with Crippen LogP contribution >= 0.6 is 11.6 Å². The second-order valence-electron chi connectivity index (χ2n) is 3.23. The Bertz CT molecular complexity index is 546. The Balaban J connectivity index is 2.22. The smallest absolute Gasteiger partial charge is 0.363 e. The third-order valence-electron chi connectivity index (χ3n) is 1.96. The van der Waals surface area contributed by atoms with Crippen molar-refractivity contribution in [1.82, 2.24) is 15.0 Å². The highest BCUT2D eigenvalue weighted by Gasteiger charge is 2.12. The molecule has 0 bridgehead atoms. The Morgan fingerprint density at radius 1 is 1.35 bits per heavy atom. The Morgan fingerprint density at radius 2 is 2.18 bits per heavy atom. The van der Waals surface area contributed by atoms with Gasteiger partial charge in [0.25, 0.3) is 0 Å². The van der Waals surface area contributed by atoms with E-state index in [4.69, 9.17) is 16.3 Å². The fourth-order valence-corrected chi connectivity index (χ4v) is 1.26. The monoisotopic (exact) mass is 249 g/mol. The Hall–Kier alpha value is -2.01. The normalized spacial score (nSPS) is 10.0. The average molecular weight is 250 g/mol. The van der Waals surface area contributed by atoms with Crippen LogP contribution < -0.4 is 4.74 Å². The zero-order valence-electron chi connectivity index (χ0n) is 8.92. The molecule has 0 saturated heterocycles. The summed E-state index contributed by atoms with van der Waals surface area (Å²) in [4.78, 5) is 23.2. The van der Waals surface area contributed by atoms with Gasteiger partial charge in [-0.25, -0.2) is 14.8 Å². The lowest BCUT2D eigenvalue weighted by atomic mass is 10.3. The van der Waals surface area contributed by atoms with E-state index in [1.807, 2.05) is 0 Å². The highest BCUT2D eigenvalue weighted by atomic mass is 35.5. The van der Waals surface area contributed by atoms with E-state index in [9.17, 15) is 4.79 Å². The van der Waals surface area contributed by atoms with Crippen LogP contribution in [0.1, 0.15) is 16.1 Å². The summed E-state index contributed by atoms with van der Waals surface area (Å²) in [6.45, 7) is 1.72. The zero-order chi connectivity index (χ0) is 12.3. The molecule has 0 fully saturated rings. The van der Waals surface area contributed by atoms with E-state index < -0.39 is 5.97 Å². The lowest BCUT2D eigenvalue weighted by molar-refractivity contribution is 0.0720. The van der Waals surface area contributed by atoms with E-state index in [0.29, 0.717) is 5.56 Å². The van der Waals surface area contributed by atoms with Crippen LogP contribution in [-0.2, 0) is 0 Å². The van der Waals surface area contributed by atoms with Crippen molar-refractivity contribution in [1.29, 1.82) is 0 Å². The summed E-state index contributed by atoms with van der Waals surface area (Å²) in [5.74, 6) is -0.441. The number of aryl methyl sites for hydroxylation is 1. The van der Waals surface area contributed by atoms with Crippen LogP contribution in [0.25, 0.3) is 0 Å². The number of nitrogens with zero attached hydrogens (tertiary/aromatic N) is 3. The summed E-state index contributed by atoms with van der Waals surface area (Å²) in [5, 5.41) is 0.0272. The summed E-state index contributed by atoms with van der Waals surface area (Å²) in [6, 6.07) is 4.97. The molecular weight excluding hydrogens is 242 g/mol. The first kappa shape index (κ1) is 11.5. The number of ether oxygens (including phenoxy) is 1. The van der Waals surface area contributed by atoms with E-state index in [0.717, 1.165) is 0 Å². The lowest BCUT2D eigenvalue weighted by Gasteiger charge is -2.05. The Morgan fingerprint density at radius 3 is 2.88 bits per heavy atom. The second kappa shape index (κ2) is 4.88. The van der Waals surface area contributed by atoms with Crippen molar-refractivity contribution in [2.75, 3.05) is 0 Å². The van der Waals surface area contributed by atoms with Gasteiger partial charge in [0, 0.05) is 18.0 Å².